The van der Waals surface area contributed by atoms with E-state index in [-0.39, 0.29) is 5.28 Å². The van der Waals surface area contributed by atoms with E-state index in [1.54, 1.807) is 0 Å². The highest BCUT2D eigenvalue weighted by atomic mass is 35.5. The molecule has 0 radical (unpaired) electrons. The van der Waals surface area contributed by atoms with Crippen LogP contribution in [0.1, 0.15) is 16.7 Å². The van der Waals surface area contributed by atoms with Gasteiger partial charge < -0.3 is 4.74 Å². The van der Waals surface area contributed by atoms with Gasteiger partial charge in [0.25, 0.3) is 0 Å². The minimum atomic E-state index is 0.206. The Morgan fingerprint density at radius 1 is 1.05 bits per heavy atom. The molecule has 0 atom stereocenters. The minimum absolute atomic E-state index is 0.206. The lowest BCUT2D eigenvalue weighted by Crippen LogP contribution is -1.96. The Balaban J connectivity index is 2.14. The first kappa shape index (κ1) is 13.3. The zero-order valence-electron chi connectivity index (χ0n) is 11.4. The zero-order valence-corrected chi connectivity index (χ0v) is 13.0. The van der Waals surface area contributed by atoms with Crippen molar-refractivity contribution in [3.8, 4) is 11.6 Å². The van der Waals surface area contributed by atoms with Crippen molar-refractivity contribution in [1.82, 2.24) is 9.97 Å². The number of nitrogens with zero attached hydrogens (tertiary/aromatic N) is 2. The summed E-state index contributed by atoms with van der Waals surface area (Å²) < 4.78 is 6.04. The Kier molecular flexibility index (Phi) is 3.36. The van der Waals surface area contributed by atoms with E-state index in [1.165, 1.54) is 16.9 Å². The summed E-state index contributed by atoms with van der Waals surface area (Å²) in [5.41, 5.74) is 3.38. The second-order valence-corrected chi connectivity index (χ2v) is 5.93. The van der Waals surface area contributed by atoms with Crippen molar-refractivity contribution >= 4 is 33.2 Å². The Hall–Kier alpha value is -1.65. The lowest BCUT2D eigenvalue weighted by molar-refractivity contribution is 0.461. The molecule has 0 saturated heterocycles. The largest absolute Gasteiger partial charge is 0.438 e. The van der Waals surface area contributed by atoms with Crippen molar-refractivity contribution in [1.29, 1.82) is 0 Å². The third-order valence-corrected chi connectivity index (χ3v) is 4.31. The van der Waals surface area contributed by atoms with Crippen LogP contribution in [0.4, 0.5) is 0 Å². The number of ether oxygens (including phenoxy) is 1. The predicted molar refractivity (Wildman–Crippen MR) is 83.2 cm³/mol. The van der Waals surface area contributed by atoms with Crippen LogP contribution in [0, 0.1) is 20.8 Å². The number of aromatic nitrogens is 2. The maximum atomic E-state index is 6.04. The fourth-order valence-electron chi connectivity index (χ4n) is 2.06. The first-order valence-corrected chi connectivity index (χ1v) is 7.47. The van der Waals surface area contributed by atoms with Crippen molar-refractivity contribution in [3.05, 3.63) is 45.6 Å². The van der Waals surface area contributed by atoms with Gasteiger partial charge >= 0.3 is 0 Å². The fourth-order valence-corrected chi connectivity index (χ4v) is 3.03. The highest BCUT2D eigenvalue weighted by Crippen LogP contribution is 2.35. The summed E-state index contributed by atoms with van der Waals surface area (Å²) in [4.78, 5) is 9.25. The van der Waals surface area contributed by atoms with Gasteiger partial charge in [-0.1, -0.05) is 12.1 Å². The van der Waals surface area contributed by atoms with Gasteiger partial charge in [0.15, 0.2) is 0 Å². The normalized spacial score (nSPS) is 11.0. The Labute approximate surface area is 126 Å². The number of hydrogen-bond donors (Lipinski definition) is 0. The van der Waals surface area contributed by atoms with Crippen molar-refractivity contribution in [2.45, 2.75) is 20.8 Å². The average Bonchev–Trinajstić information content (AvgIpc) is 2.87. The standard InChI is InChI=1S/C15H13ClN2OS/c1-8-4-5-9(2)12(10(8)3)19-13-11-6-7-20-14(11)18-15(16)17-13/h4-7H,1-3H3. The topological polar surface area (TPSA) is 35.0 Å². The van der Waals surface area contributed by atoms with Gasteiger partial charge in [-0.3, -0.25) is 0 Å². The van der Waals surface area contributed by atoms with Crippen LogP contribution < -0.4 is 4.74 Å². The SMILES string of the molecule is Cc1ccc(C)c(Oc2nc(Cl)nc3sccc23)c1C. The van der Waals surface area contributed by atoms with Crippen LogP contribution in [0.5, 0.6) is 11.6 Å². The van der Waals surface area contributed by atoms with Gasteiger partial charge in [0, 0.05) is 0 Å². The molecule has 0 unspecified atom stereocenters. The van der Waals surface area contributed by atoms with E-state index in [1.807, 2.05) is 31.4 Å². The molecule has 0 aliphatic rings. The van der Waals surface area contributed by atoms with Crippen LogP contribution in [0.15, 0.2) is 23.6 Å². The fraction of sp³-hybridized carbons (Fsp3) is 0.200. The van der Waals surface area contributed by atoms with Crippen LogP contribution in [0.3, 0.4) is 0 Å². The molecule has 102 valence electrons. The summed E-state index contributed by atoms with van der Waals surface area (Å²) in [6.45, 7) is 6.13. The van der Waals surface area contributed by atoms with Crippen molar-refractivity contribution < 1.29 is 4.74 Å². The Bertz CT molecular complexity index is 798. The molecule has 2 heterocycles. The van der Waals surface area contributed by atoms with Crippen molar-refractivity contribution in [2.75, 3.05) is 0 Å². The summed E-state index contributed by atoms with van der Waals surface area (Å²) in [6, 6.07) is 6.09. The van der Waals surface area contributed by atoms with E-state index in [9.17, 15) is 0 Å². The second-order valence-electron chi connectivity index (χ2n) is 4.69. The van der Waals surface area contributed by atoms with Gasteiger partial charge in [0.2, 0.25) is 11.2 Å². The molecule has 3 rings (SSSR count). The van der Waals surface area contributed by atoms with Gasteiger partial charge in [-0.2, -0.15) is 4.98 Å². The smallest absolute Gasteiger partial charge is 0.232 e. The zero-order chi connectivity index (χ0) is 14.3. The summed E-state index contributed by atoms with van der Waals surface area (Å²) in [7, 11) is 0. The molecule has 5 heteroatoms. The van der Waals surface area contributed by atoms with Crippen LogP contribution >= 0.6 is 22.9 Å². The molecule has 0 saturated carbocycles. The molecule has 0 fully saturated rings. The summed E-state index contributed by atoms with van der Waals surface area (Å²) in [5, 5.41) is 3.05. The molecule has 2 aromatic heterocycles. The monoisotopic (exact) mass is 304 g/mol. The molecule has 0 spiro atoms. The first-order valence-electron chi connectivity index (χ1n) is 6.21. The predicted octanol–water partition coefficient (Wildman–Crippen LogP) is 5.06. The lowest BCUT2D eigenvalue weighted by atomic mass is 10.1. The minimum Gasteiger partial charge on any atom is -0.438 e. The van der Waals surface area contributed by atoms with E-state index in [2.05, 4.69) is 23.0 Å². The second kappa shape index (κ2) is 5.04. The molecule has 3 nitrogen and oxygen atoms in total. The number of hydrogen-bond acceptors (Lipinski definition) is 4. The van der Waals surface area contributed by atoms with E-state index in [0.717, 1.165) is 27.1 Å². The summed E-state index contributed by atoms with van der Waals surface area (Å²) in [5.74, 6) is 1.35. The Morgan fingerprint density at radius 3 is 2.60 bits per heavy atom. The summed E-state index contributed by atoms with van der Waals surface area (Å²) in [6.07, 6.45) is 0. The molecule has 0 N–H and O–H groups in total. The average molecular weight is 305 g/mol. The number of thiophene rings is 1. The highest BCUT2D eigenvalue weighted by molar-refractivity contribution is 7.16. The maximum absolute atomic E-state index is 6.04. The molecule has 0 amide bonds. The van der Waals surface area contributed by atoms with Gasteiger partial charge in [-0.25, -0.2) is 4.98 Å². The Morgan fingerprint density at radius 2 is 1.80 bits per heavy atom. The number of benzene rings is 1. The molecule has 0 bridgehead atoms. The van der Waals surface area contributed by atoms with E-state index < -0.39 is 0 Å². The third-order valence-electron chi connectivity index (χ3n) is 3.34. The molecular formula is C15H13ClN2OS. The number of aryl methyl sites for hydroxylation is 2. The number of halogens is 1. The van der Waals surface area contributed by atoms with Crippen LogP contribution in [-0.2, 0) is 0 Å². The van der Waals surface area contributed by atoms with Crippen LogP contribution in [-0.4, -0.2) is 9.97 Å². The molecule has 0 aliphatic heterocycles. The van der Waals surface area contributed by atoms with Gasteiger partial charge in [-0.15, -0.1) is 11.3 Å². The quantitative estimate of drug-likeness (QED) is 0.620. The van der Waals surface area contributed by atoms with E-state index in [0.29, 0.717) is 5.88 Å². The van der Waals surface area contributed by atoms with Crippen LogP contribution in [0.2, 0.25) is 5.28 Å². The van der Waals surface area contributed by atoms with E-state index >= 15 is 0 Å². The summed E-state index contributed by atoms with van der Waals surface area (Å²) >= 11 is 7.48. The lowest BCUT2D eigenvalue weighted by Gasteiger charge is -2.13. The van der Waals surface area contributed by atoms with Gasteiger partial charge in [0.1, 0.15) is 10.6 Å². The van der Waals surface area contributed by atoms with Crippen molar-refractivity contribution in [3.63, 3.8) is 0 Å². The first-order chi connectivity index (χ1) is 9.56. The molecule has 20 heavy (non-hydrogen) atoms. The molecular weight excluding hydrogens is 292 g/mol. The van der Waals surface area contributed by atoms with Crippen LogP contribution in [0.25, 0.3) is 10.2 Å². The van der Waals surface area contributed by atoms with Gasteiger partial charge in [-0.05, 0) is 60.5 Å². The number of fused-ring (bicyclic) bond motifs is 1. The maximum Gasteiger partial charge on any atom is 0.232 e. The third kappa shape index (κ3) is 2.25. The van der Waals surface area contributed by atoms with Crippen molar-refractivity contribution in [2.24, 2.45) is 0 Å². The molecule has 0 aliphatic carbocycles. The molecule has 1 aromatic carbocycles. The van der Waals surface area contributed by atoms with Gasteiger partial charge in [0.05, 0.1) is 5.39 Å². The molecule has 3 aromatic rings. The number of rotatable bonds is 2. The highest BCUT2D eigenvalue weighted by Gasteiger charge is 2.13. The van der Waals surface area contributed by atoms with E-state index in [4.69, 9.17) is 16.3 Å².